The molecule has 1 N–H and O–H groups in total. The lowest BCUT2D eigenvalue weighted by Crippen LogP contribution is -2.44. The number of rotatable bonds is 11. The fourth-order valence-corrected chi connectivity index (χ4v) is 5.36. The molecule has 3 aromatic carbocycles. The van der Waals surface area contributed by atoms with Crippen molar-refractivity contribution in [3.8, 4) is 28.7 Å². The molecule has 1 saturated heterocycles. The number of anilines is 1. The number of methoxy groups -OCH3 is 1. The highest BCUT2D eigenvalue weighted by Gasteiger charge is 2.18. The van der Waals surface area contributed by atoms with E-state index in [0.717, 1.165) is 49.9 Å². The molecule has 0 bridgehead atoms. The maximum absolute atomic E-state index is 15.3. The number of hydrogen-bond donors (Lipinski definition) is 1. The molecule has 0 saturated carbocycles. The summed E-state index contributed by atoms with van der Waals surface area (Å²) in [6.07, 6.45) is 3.70. The van der Waals surface area contributed by atoms with Gasteiger partial charge in [-0.2, -0.15) is 9.78 Å². The normalized spacial score (nSPS) is 13.8. The van der Waals surface area contributed by atoms with Crippen molar-refractivity contribution in [3.05, 3.63) is 107 Å². The summed E-state index contributed by atoms with van der Waals surface area (Å²) in [6, 6.07) is 15.4. The molecular formula is C35H34F2N6O5. The van der Waals surface area contributed by atoms with Crippen molar-refractivity contribution in [3.63, 3.8) is 0 Å². The number of benzene rings is 3. The summed E-state index contributed by atoms with van der Waals surface area (Å²) in [7, 11) is 3.68. The summed E-state index contributed by atoms with van der Waals surface area (Å²) in [4.78, 5) is 35.1. The molecule has 1 aliphatic heterocycles. The molecule has 248 valence electrons. The maximum Gasteiger partial charge on any atom is 0.284 e. The van der Waals surface area contributed by atoms with Crippen LogP contribution in [0, 0.1) is 11.6 Å². The smallest absolute Gasteiger partial charge is 0.284 e. The molecule has 11 nitrogen and oxygen atoms in total. The SMILES string of the molecule is COc1cc2c(Oc3ccc(NC(=O)c4ccnn(-c5ccc(F)cc5)c4=O)cc3F)ccnc2cc1OCCCN1CCN(C)CC1. The van der Waals surface area contributed by atoms with E-state index >= 15 is 4.39 Å². The molecule has 6 rings (SSSR count). The molecular weight excluding hydrogens is 622 g/mol. The van der Waals surface area contributed by atoms with E-state index in [9.17, 15) is 14.0 Å². The highest BCUT2D eigenvalue weighted by Crippen LogP contribution is 2.38. The second-order valence-corrected chi connectivity index (χ2v) is 11.3. The van der Waals surface area contributed by atoms with Crippen LogP contribution in [0.25, 0.3) is 16.6 Å². The highest BCUT2D eigenvalue weighted by atomic mass is 19.1. The summed E-state index contributed by atoms with van der Waals surface area (Å²) in [5.41, 5.74) is 0.0116. The molecule has 5 aromatic rings. The van der Waals surface area contributed by atoms with Crippen molar-refractivity contribution in [2.75, 3.05) is 58.8 Å². The van der Waals surface area contributed by atoms with Crippen molar-refractivity contribution in [1.29, 1.82) is 0 Å². The number of piperazine rings is 1. The number of carbonyl (C=O) groups excluding carboxylic acids is 1. The Bertz CT molecular complexity index is 1980. The van der Waals surface area contributed by atoms with Crippen LogP contribution in [-0.2, 0) is 0 Å². The first-order chi connectivity index (χ1) is 23.3. The first-order valence-electron chi connectivity index (χ1n) is 15.4. The number of ether oxygens (including phenoxy) is 3. The maximum atomic E-state index is 15.3. The Morgan fingerprint density at radius 3 is 2.44 bits per heavy atom. The molecule has 1 amide bonds. The molecule has 3 heterocycles. The zero-order valence-corrected chi connectivity index (χ0v) is 26.5. The molecule has 2 aromatic heterocycles. The number of fused-ring (bicyclic) bond motifs is 1. The molecule has 1 fully saturated rings. The van der Waals surface area contributed by atoms with Gasteiger partial charge in [0.15, 0.2) is 23.1 Å². The van der Waals surface area contributed by atoms with E-state index in [0.29, 0.717) is 34.8 Å². The summed E-state index contributed by atoms with van der Waals surface area (Å²) in [6.45, 7) is 5.70. The minimum Gasteiger partial charge on any atom is -0.493 e. The van der Waals surface area contributed by atoms with Crippen LogP contribution in [0.5, 0.6) is 23.0 Å². The van der Waals surface area contributed by atoms with Gasteiger partial charge in [-0.05, 0) is 68.1 Å². The van der Waals surface area contributed by atoms with E-state index in [4.69, 9.17) is 14.2 Å². The summed E-state index contributed by atoms with van der Waals surface area (Å²) >= 11 is 0. The van der Waals surface area contributed by atoms with Gasteiger partial charge in [-0.25, -0.2) is 8.78 Å². The van der Waals surface area contributed by atoms with Gasteiger partial charge in [0.25, 0.3) is 11.5 Å². The predicted octanol–water partition coefficient (Wildman–Crippen LogP) is 5.13. The van der Waals surface area contributed by atoms with Crippen molar-refractivity contribution >= 4 is 22.5 Å². The van der Waals surface area contributed by atoms with E-state index in [1.165, 1.54) is 48.7 Å². The van der Waals surface area contributed by atoms with Crippen LogP contribution in [0.2, 0.25) is 0 Å². The lowest BCUT2D eigenvalue weighted by Gasteiger charge is -2.32. The molecule has 0 radical (unpaired) electrons. The molecule has 0 spiro atoms. The lowest BCUT2D eigenvalue weighted by molar-refractivity contribution is 0.102. The van der Waals surface area contributed by atoms with Gasteiger partial charge >= 0.3 is 0 Å². The average Bonchev–Trinajstić information content (AvgIpc) is 3.09. The third kappa shape index (κ3) is 7.42. The number of hydrogen-bond acceptors (Lipinski definition) is 9. The van der Waals surface area contributed by atoms with Crippen LogP contribution in [0.4, 0.5) is 14.5 Å². The van der Waals surface area contributed by atoms with Gasteiger partial charge in [-0.15, -0.1) is 0 Å². The monoisotopic (exact) mass is 656 g/mol. The van der Waals surface area contributed by atoms with Gasteiger partial charge in [-0.1, -0.05) is 0 Å². The summed E-state index contributed by atoms with van der Waals surface area (Å²) in [5.74, 6) is -0.695. The highest BCUT2D eigenvalue weighted by molar-refractivity contribution is 6.04. The Balaban J connectivity index is 1.13. The van der Waals surface area contributed by atoms with E-state index in [2.05, 4.69) is 32.2 Å². The quantitative estimate of drug-likeness (QED) is 0.194. The van der Waals surface area contributed by atoms with E-state index in [-0.39, 0.29) is 22.7 Å². The molecule has 13 heteroatoms. The number of likely N-dealkylation sites (N-methyl/N-ethyl adjacent to an activating group) is 1. The van der Waals surface area contributed by atoms with E-state index < -0.39 is 23.1 Å². The van der Waals surface area contributed by atoms with Gasteiger partial charge in [0.2, 0.25) is 0 Å². The van der Waals surface area contributed by atoms with Gasteiger partial charge in [0.05, 0.1) is 24.9 Å². The Kier molecular flexibility index (Phi) is 9.88. The number of amides is 1. The molecule has 1 aliphatic rings. The van der Waals surface area contributed by atoms with Gasteiger partial charge in [0, 0.05) is 68.3 Å². The topological polar surface area (TPSA) is 111 Å². The summed E-state index contributed by atoms with van der Waals surface area (Å²) < 4.78 is 47.2. The number of nitrogens with zero attached hydrogens (tertiary/aromatic N) is 5. The minimum atomic E-state index is -0.768. The van der Waals surface area contributed by atoms with Crippen molar-refractivity contribution in [2.24, 2.45) is 0 Å². The number of aromatic nitrogens is 3. The largest absolute Gasteiger partial charge is 0.493 e. The zero-order chi connectivity index (χ0) is 33.6. The number of pyridine rings is 1. The van der Waals surface area contributed by atoms with Crippen LogP contribution >= 0.6 is 0 Å². The second kappa shape index (κ2) is 14.6. The van der Waals surface area contributed by atoms with Crippen molar-refractivity contribution < 1.29 is 27.8 Å². The Hall–Kier alpha value is -5.40. The standard InChI is InChI=1S/C35H34F2N6O5/c1-41-15-17-42(18-16-41)14-3-19-47-33-22-29-27(21-32(33)46-2)30(11-12-38-29)48-31-9-6-24(20-28(31)37)40-34(44)26-10-13-39-43(35(26)45)25-7-4-23(36)5-8-25/h4-13,20-22H,3,14-19H2,1-2H3,(H,40,44). The molecule has 0 aliphatic carbocycles. The first kappa shape index (κ1) is 32.5. The van der Waals surface area contributed by atoms with E-state index in [1.807, 2.05) is 0 Å². The van der Waals surface area contributed by atoms with Crippen LogP contribution in [0.15, 0.2) is 83.9 Å². The Morgan fingerprint density at radius 1 is 0.896 bits per heavy atom. The van der Waals surface area contributed by atoms with E-state index in [1.54, 1.807) is 31.5 Å². The van der Waals surface area contributed by atoms with Crippen LogP contribution in [-0.4, -0.2) is 84.0 Å². The van der Waals surface area contributed by atoms with Gasteiger partial charge in [-0.3, -0.25) is 14.6 Å². The van der Waals surface area contributed by atoms with Crippen LogP contribution < -0.4 is 25.1 Å². The number of halogens is 2. The molecule has 48 heavy (non-hydrogen) atoms. The first-order valence-corrected chi connectivity index (χ1v) is 15.4. The third-order valence-corrected chi connectivity index (χ3v) is 8.03. The Labute approximate surface area is 275 Å². The van der Waals surface area contributed by atoms with Crippen molar-refractivity contribution in [2.45, 2.75) is 6.42 Å². The molecule has 0 atom stereocenters. The number of carbonyl (C=O) groups is 1. The third-order valence-electron chi connectivity index (χ3n) is 8.03. The van der Waals surface area contributed by atoms with Crippen LogP contribution in [0.3, 0.4) is 0 Å². The summed E-state index contributed by atoms with van der Waals surface area (Å²) in [5, 5.41) is 7.09. The average molecular weight is 657 g/mol. The fraction of sp³-hybridized carbons (Fsp3) is 0.257. The lowest BCUT2D eigenvalue weighted by atomic mass is 10.1. The predicted molar refractivity (Wildman–Crippen MR) is 177 cm³/mol. The fourth-order valence-electron chi connectivity index (χ4n) is 5.36. The van der Waals surface area contributed by atoms with Gasteiger partial charge in [0.1, 0.15) is 17.1 Å². The zero-order valence-electron chi connectivity index (χ0n) is 26.5. The Morgan fingerprint density at radius 2 is 1.69 bits per heavy atom. The number of nitrogens with one attached hydrogen (secondary N) is 1. The van der Waals surface area contributed by atoms with Crippen LogP contribution in [0.1, 0.15) is 16.8 Å². The van der Waals surface area contributed by atoms with Crippen molar-refractivity contribution in [1.82, 2.24) is 24.6 Å². The van der Waals surface area contributed by atoms with Gasteiger partial charge < -0.3 is 29.3 Å². The molecule has 0 unspecified atom stereocenters. The minimum absolute atomic E-state index is 0.0914. The second-order valence-electron chi connectivity index (χ2n) is 11.3.